The second kappa shape index (κ2) is 7.21. The van der Waals surface area contributed by atoms with Crippen LogP contribution >= 0.6 is 0 Å². The Kier molecular flexibility index (Phi) is 5.08. The summed E-state index contributed by atoms with van der Waals surface area (Å²) >= 11 is 0. The number of benzene rings is 1. The molecule has 0 aliphatic carbocycles. The zero-order valence-electron chi connectivity index (χ0n) is 12.1. The van der Waals surface area contributed by atoms with Gasteiger partial charge in [-0.1, -0.05) is 6.92 Å². The van der Waals surface area contributed by atoms with Crippen LogP contribution < -0.4 is 10.1 Å². The molecule has 0 saturated heterocycles. The molecule has 0 aliphatic rings. The van der Waals surface area contributed by atoms with Crippen LogP contribution in [0, 0.1) is 0 Å². The first kappa shape index (κ1) is 15.5. The Morgan fingerprint density at radius 1 is 1.23 bits per heavy atom. The molecule has 0 atom stereocenters. The quantitative estimate of drug-likeness (QED) is 0.800. The molecule has 1 amide bonds. The van der Waals surface area contributed by atoms with Crippen LogP contribution in [0.5, 0.6) is 11.5 Å². The van der Waals surface area contributed by atoms with Gasteiger partial charge < -0.3 is 15.2 Å². The Balaban J connectivity index is 1.89. The van der Waals surface area contributed by atoms with Crippen molar-refractivity contribution in [1.29, 1.82) is 0 Å². The maximum Gasteiger partial charge on any atom is 0.263 e. The number of anilines is 1. The minimum absolute atomic E-state index is 0.0509. The molecule has 2 aromatic rings. The van der Waals surface area contributed by atoms with Crippen molar-refractivity contribution in [2.24, 2.45) is 0 Å². The molecular formula is C16H16N2O4. The van der Waals surface area contributed by atoms with Gasteiger partial charge in [0.1, 0.15) is 5.75 Å². The molecule has 0 bridgehead atoms. The van der Waals surface area contributed by atoms with Crippen molar-refractivity contribution in [1.82, 2.24) is 4.98 Å². The monoisotopic (exact) mass is 300 g/mol. The number of nitrogens with one attached hydrogen (secondary N) is 1. The zero-order chi connectivity index (χ0) is 15.9. The number of aromatic hydroxyl groups is 1. The van der Waals surface area contributed by atoms with Crippen LogP contribution in [0.2, 0.25) is 0 Å². The Morgan fingerprint density at radius 2 is 1.95 bits per heavy atom. The van der Waals surface area contributed by atoms with Gasteiger partial charge in [-0.2, -0.15) is 0 Å². The number of aromatic nitrogens is 1. The summed E-state index contributed by atoms with van der Waals surface area (Å²) < 4.78 is 5.32. The number of carbonyl (C=O) groups excluding carboxylic acids is 2. The number of nitrogens with zero attached hydrogens (tertiary/aromatic N) is 1. The van der Waals surface area contributed by atoms with Crippen LogP contribution in [0.1, 0.15) is 23.7 Å². The van der Waals surface area contributed by atoms with E-state index in [1.54, 1.807) is 37.3 Å². The summed E-state index contributed by atoms with van der Waals surface area (Å²) in [7, 11) is 0. The lowest BCUT2D eigenvalue weighted by molar-refractivity contribution is -0.118. The molecule has 22 heavy (non-hydrogen) atoms. The second-order valence-electron chi connectivity index (χ2n) is 4.51. The highest BCUT2D eigenvalue weighted by Gasteiger charge is 2.08. The third kappa shape index (κ3) is 4.05. The smallest absolute Gasteiger partial charge is 0.263 e. The van der Waals surface area contributed by atoms with Crippen molar-refractivity contribution in [2.45, 2.75) is 13.3 Å². The van der Waals surface area contributed by atoms with Gasteiger partial charge in [-0.3, -0.25) is 9.59 Å². The normalized spacial score (nSPS) is 10.0. The van der Waals surface area contributed by atoms with Gasteiger partial charge in [-0.15, -0.1) is 0 Å². The molecule has 0 aliphatic heterocycles. The maximum absolute atomic E-state index is 11.7. The molecule has 0 fully saturated rings. The van der Waals surface area contributed by atoms with Gasteiger partial charge in [-0.25, -0.2) is 4.98 Å². The number of pyridine rings is 1. The molecule has 6 heteroatoms. The Morgan fingerprint density at radius 3 is 2.59 bits per heavy atom. The largest absolute Gasteiger partial charge is 0.504 e. The average molecular weight is 300 g/mol. The number of Topliss-reactive ketones (excluding diaryl/α,β-unsaturated/α-hetero) is 1. The highest BCUT2D eigenvalue weighted by molar-refractivity contribution is 5.96. The van der Waals surface area contributed by atoms with Crippen molar-refractivity contribution in [2.75, 3.05) is 11.9 Å². The van der Waals surface area contributed by atoms with Gasteiger partial charge in [0.15, 0.2) is 24.0 Å². The van der Waals surface area contributed by atoms with Gasteiger partial charge in [0.2, 0.25) is 0 Å². The highest BCUT2D eigenvalue weighted by Crippen LogP contribution is 2.18. The van der Waals surface area contributed by atoms with E-state index in [9.17, 15) is 14.7 Å². The molecule has 0 radical (unpaired) electrons. The predicted molar refractivity (Wildman–Crippen MR) is 81.1 cm³/mol. The minimum Gasteiger partial charge on any atom is -0.504 e. The molecule has 1 aromatic heterocycles. The molecule has 0 unspecified atom stereocenters. The van der Waals surface area contributed by atoms with E-state index in [0.29, 0.717) is 17.7 Å². The third-order valence-corrected chi connectivity index (χ3v) is 2.91. The number of ketones is 1. The maximum atomic E-state index is 11.7. The van der Waals surface area contributed by atoms with Crippen molar-refractivity contribution in [3.05, 3.63) is 48.2 Å². The standard InChI is InChI=1S/C16H16N2O4/c1-2-13(19)11-5-7-12(8-6-11)22-10-15(21)18-16-14(20)4-3-9-17-16/h3-9,20H,2,10H2,1H3,(H,17,18,21). The Hall–Kier alpha value is -2.89. The van der Waals surface area contributed by atoms with Gasteiger partial charge >= 0.3 is 0 Å². The first-order valence-corrected chi connectivity index (χ1v) is 6.80. The fraction of sp³-hybridized carbons (Fsp3) is 0.188. The summed E-state index contributed by atoms with van der Waals surface area (Å²) in [5, 5.41) is 11.9. The third-order valence-electron chi connectivity index (χ3n) is 2.91. The fourth-order valence-electron chi connectivity index (χ4n) is 1.75. The number of ether oxygens (including phenoxy) is 1. The summed E-state index contributed by atoms with van der Waals surface area (Å²) in [5.41, 5.74) is 0.609. The molecule has 114 valence electrons. The van der Waals surface area contributed by atoms with Crippen LogP contribution in [0.4, 0.5) is 5.82 Å². The van der Waals surface area contributed by atoms with Crippen molar-refractivity contribution in [3.63, 3.8) is 0 Å². The van der Waals surface area contributed by atoms with Crippen molar-refractivity contribution in [3.8, 4) is 11.5 Å². The van der Waals surface area contributed by atoms with Crippen LogP contribution in [-0.4, -0.2) is 28.4 Å². The number of amides is 1. The number of hydrogen-bond donors (Lipinski definition) is 2. The molecule has 2 N–H and O–H groups in total. The van der Waals surface area contributed by atoms with Gasteiger partial charge in [0.25, 0.3) is 5.91 Å². The van der Waals surface area contributed by atoms with E-state index >= 15 is 0 Å². The van der Waals surface area contributed by atoms with E-state index < -0.39 is 5.91 Å². The van der Waals surface area contributed by atoms with Gasteiger partial charge in [0.05, 0.1) is 0 Å². The first-order valence-electron chi connectivity index (χ1n) is 6.80. The molecule has 0 saturated carbocycles. The summed E-state index contributed by atoms with van der Waals surface area (Å²) in [6.07, 6.45) is 1.90. The zero-order valence-corrected chi connectivity index (χ0v) is 12.1. The van der Waals surface area contributed by atoms with Crippen molar-refractivity contribution < 1.29 is 19.4 Å². The van der Waals surface area contributed by atoms with E-state index in [2.05, 4.69) is 10.3 Å². The SMILES string of the molecule is CCC(=O)c1ccc(OCC(=O)Nc2ncccc2O)cc1. The summed E-state index contributed by atoms with van der Waals surface area (Å²) in [4.78, 5) is 27.0. The minimum atomic E-state index is -0.442. The fourth-order valence-corrected chi connectivity index (χ4v) is 1.75. The van der Waals surface area contributed by atoms with Crippen LogP contribution in [0.3, 0.4) is 0 Å². The lowest BCUT2D eigenvalue weighted by atomic mass is 10.1. The Bertz CT molecular complexity index is 668. The molecule has 1 aromatic carbocycles. The van der Waals surface area contributed by atoms with Gasteiger partial charge in [0, 0.05) is 18.2 Å². The number of hydrogen-bond acceptors (Lipinski definition) is 5. The topological polar surface area (TPSA) is 88.5 Å². The summed E-state index contributed by atoms with van der Waals surface area (Å²) in [5.74, 6) is 0.0592. The summed E-state index contributed by atoms with van der Waals surface area (Å²) in [6.45, 7) is 1.57. The van der Waals surface area contributed by atoms with E-state index in [0.717, 1.165) is 0 Å². The molecular weight excluding hydrogens is 284 g/mol. The van der Waals surface area contributed by atoms with E-state index in [4.69, 9.17) is 4.74 Å². The predicted octanol–water partition coefficient (Wildman–Crippen LogP) is 2.40. The van der Waals surface area contributed by atoms with Crippen LogP contribution in [0.25, 0.3) is 0 Å². The number of carbonyl (C=O) groups is 2. The lowest BCUT2D eigenvalue weighted by Gasteiger charge is -2.08. The van der Waals surface area contributed by atoms with E-state index in [1.807, 2.05) is 0 Å². The molecule has 2 rings (SSSR count). The molecule has 6 nitrogen and oxygen atoms in total. The van der Waals surface area contributed by atoms with Crippen LogP contribution in [0.15, 0.2) is 42.6 Å². The first-order chi connectivity index (χ1) is 10.6. The number of rotatable bonds is 6. The Labute approximate surface area is 127 Å². The average Bonchev–Trinajstić information content (AvgIpc) is 2.55. The second-order valence-corrected chi connectivity index (χ2v) is 4.51. The van der Waals surface area contributed by atoms with Crippen LogP contribution in [-0.2, 0) is 4.79 Å². The van der Waals surface area contributed by atoms with Crippen molar-refractivity contribution >= 4 is 17.5 Å². The molecule has 1 heterocycles. The van der Waals surface area contributed by atoms with E-state index in [1.165, 1.54) is 12.3 Å². The molecule has 0 spiro atoms. The van der Waals surface area contributed by atoms with E-state index in [-0.39, 0.29) is 24.0 Å². The highest BCUT2D eigenvalue weighted by atomic mass is 16.5. The summed E-state index contributed by atoms with van der Waals surface area (Å²) in [6, 6.07) is 9.56. The lowest BCUT2D eigenvalue weighted by Crippen LogP contribution is -2.20. The van der Waals surface area contributed by atoms with Gasteiger partial charge in [-0.05, 0) is 36.4 Å².